The second-order valence-electron chi connectivity index (χ2n) is 4.83. The van der Waals surface area contributed by atoms with Crippen molar-refractivity contribution in [2.24, 2.45) is 4.76 Å². The minimum Gasteiger partial charge on any atom is -0.431 e. The van der Waals surface area contributed by atoms with Gasteiger partial charge in [0.1, 0.15) is 5.75 Å². The van der Waals surface area contributed by atoms with E-state index in [2.05, 4.69) is 4.76 Å². The van der Waals surface area contributed by atoms with E-state index in [0.29, 0.717) is 16.8 Å². The highest BCUT2D eigenvalue weighted by molar-refractivity contribution is 7.76. The summed E-state index contributed by atoms with van der Waals surface area (Å²) in [6, 6.07) is 16.4. The zero-order valence-corrected chi connectivity index (χ0v) is 13.2. The first kappa shape index (κ1) is 13.7. The monoisotopic (exact) mass is 330 g/mol. The van der Waals surface area contributed by atoms with Gasteiger partial charge in [0.05, 0.1) is 11.0 Å². The van der Waals surface area contributed by atoms with E-state index in [1.165, 1.54) is 4.44 Å². The molecule has 2 aliphatic heterocycles. The van der Waals surface area contributed by atoms with Gasteiger partial charge in [-0.1, -0.05) is 30.3 Å². The third-order valence-corrected chi connectivity index (χ3v) is 7.76. The second kappa shape index (κ2) is 5.06. The normalized spacial score (nSPS) is 25.8. The van der Waals surface area contributed by atoms with Crippen LogP contribution in [0.4, 0.5) is 0 Å². The van der Waals surface area contributed by atoms with Crippen molar-refractivity contribution in [1.82, 2.24) is 4.44 Å². The molecule has 7 heteroatoms. The first-order valence-electron chi connectivity index (χ1n) is 6.68. The van der Waals surface area contributed by atoms with Gasteiger partial charge >= 0.3 is 16.0 Å². The van der Waals surface area contributed by atoms with Gasteiger partial charge in [0.2, 0.25) is 0 Å². The number of allylic oxidation sites excluding steroid dienone is 1. The fourth-order valence-corrected chi connectivity index (χ4v) is 6.42. The summed E-state index contributed by atoms with van der Waals surface area (Å²) >= 11 is 0. The van der Waals surface area contributed by atoms with Crippen LogP contribution in [0, 0.1) is 0 Å². The van der Waals surface area contributed by atoms with Crippen LogP contribution in [0.25, 0.3) is 5.70 Å². The summed E-state index contributed by atoms with van der Waals surface area (Å²) in [6.07, 6.45) is 3.30. The van der Waals surface area contributed by atoms with Gasteiger partial charge in [-0.3, -0.25) is 4.57 Å². The van der Waals surface area contributed by atoms with Crippen LogP contribution in [0.5, 0.6) is 5.75 Å². The summed E-state index contributed by atoms with van der Waals surface area (Å²) in [5, 5.41) is 0.571. The molecule has 22 heavy (non-hydrogen) atoms. The van der Waals surface area contributed by atoms with Gasteiger partial charge in [-0.25, -0.2) is 9.20 Å². The molecule has 2 atom stereocenters. The molecule has 5 nitrogen and oxygen atoms in total. The summed E-state index contributed by atoms with van der Waals surface area (Å²) < 4.78 is 24.7. The standard InChI is InChI=1S/C15H12N2O3P2/c18-21-17-14(13-8-4-5-9-15(13)20-21)10-11-16-22(17,19)12-6-2-1-3-7-12/h1-11,18H. The highest BCUT2D eigenvalue weighted by atomic mass is 31.2. The molecule has 2 aliphatic rings. The zero-order chi connectivity index (χ0) is 15.2. The van der Waals surface area contributed by atoms with Gasteiger partial charge in [0.25, 0.3) is 0 Å². The minimum atomic E-state index is -3.32. The molecule has 0 radical (unpaired) electrons. The largest absolute Gasteiger partial charge is 0.431 e. The maximum absolute atomic E-state index is 13.5. The fraction of sp³-hybridized carbons (Fsp3) is 0. The second-order valence-corrected chi connectivity index (χ2v) is 8.46. The number of hydrogen-bond acceptors (Lipinski definition) is 3. The summed E-state index contributed by atoms with van der Waals surface area (Å²) in [5.41, 5.74) is 1.48. The van der Waals surface area contributed by atoms with E-state index in [-0.39, 0.29) is 0 Å². The molecule has 0 spiro atoms. The lowest BCUT2D eigenvalue weighted by atomic mass is 10.1. The third-order valence-electron chi connectivity index (χ3n) is 3.53. The summed E-state index contributed by atoms with van der Waals surface area (Å²) in [7, 11) is -5.38. The number of hydrogen-bond donors (Lipinski definition) is 1. The zero-order valence-electron chi connectivity index (χ0n) is 11.4. The molecule has 0 aliphatic carbocycles. The Balaban J connectivity index is 1.90. The Labute approximate surface area is 129 Å². The van der Waals surface area contributed by atoms with E-state index < -0.39 is 16.0 Å². The summed E-state index contributed by atoms with van der Waals surface area (Å²) in [6.45, 7) is 0. The van der Waals surface area contributed by atoms with Crippen molar-refractivity contribution in [2.45, 2.75) is 0 Å². The van der Waals surface area contributed by atoms with Gasteiger partial charge in [-0.2, -0.15) is 0 Å². The average Bonchev–Trinajstić information content (AvgIpc) is 2.56. The van der Waals surface area contributed by atoms with E-state index in [4.69, 9.17) is 4.52 Å². The fourth-order valence-electron chi connectivity index (χ4n) is 2.53. The number of nitrogens with zero attached hydrogens (tertiary/aromatic N) is 2. The number of para-hydroxylation sites is 1. The van der Waals surface area contributed by atoms with Crippen LogP contribution in [0.1, 0.15) is 5.56 Å². The average molecular weight is 330 g/mol. The van der Waals surface area contributed by atoms with Gasteiger partial charge in [-0.05, 0) is 30.3 Å². The molecule has 0 aromatic heterocycles. The van der Waals surface area contributed by atoms with E-state index in [9.17, 15) is 9.46 Å². The third kappa shape index (κ3) is 1.94. The van der Waals surface area contributed by atoms with Crippen molar-refractivity contribution in [3.63, 3.8) is 0 Å². The Morgan fingerprint density at radius 1 is 1.09 bits per heavy atom. The SMILES string of the molecule is O=P1(c2ccccc2)N=CC=C2c3ccccc3OP(O)N21. The van der Waals surface area contributed by atoms with Crippen LogP contribution in [-0.2, 0) is 4.57 Å². The Bertz CT molecular complexity index is 836. The van der Waals surface area contributed by atoms with Gasteiger partial charge in [0, 0.05) is 11.8 Å². The molecular weight excluding hydrogens is 318 g/mol. The quantitative estimate of drug-likeness (QED) is 0.813. The van der Waals surface area contributed by atoms with Crippen LogP contribution in [0.15, 0.2) is 65.4 Å². The molecule has 1 N–H and O–H groups in total. The van der Waals surface area contributed by atoms with Crippen molar-refractivity contribution in [3.8, 4) is 5.75 Å². The molecule has 0 fully saturated rings. The van der Waals surface area contributed by atoms with Crippen LogP contribution >= 0.6 is 16.0 Å². The van der Waals surface area contributed by atoms with E-state index in [1.54, 1.807) is 42.6 Å². The molecule has 2 aromatic carbocycles. The highest BCUT2D eigenvalue weighted by Crippen LogP contribution is 2.68. The Hall–Kier alpha value is -1.93. The molecule has 0 amide bonds. The summed E-state index contributed by atoms with van der Waals surface area (Å²) in [5.74, 6) is 0.591. The lowest BCUT2D eigenvalue weighted by Crippen LogP contribution is -2.26. The topological polar surface area (TPSA) is 62.1 Å². The van der Waals surface area contributed by atoms with Crippen molar-refractivity contribution in [3.05, 3.63) is 66.2 Å². The first-order chi connectivity index (χ1) is 10.7. The predicted molar refractivity (Wildman–Crippen MR) is 88.2 cm³/mol. The molecule has 4 rings (SSSR count). The molecule has 2 aromatic rings. The maximum Gasteiger partial charge on any atom is 0.357 e. The lowest BCUT2D eigenvalue weighted by Gasteiger charge is -2.39. The Morgan fingerprint density at radius 3 is 2.64 bits per heavy atom. The van der Waals surface area contributed by atoms with Crippen molar-refractivity contribution < 1.29 is 14.0 Å². The van der Waals surface area contributed by atoms with Gasteiger partial charge < -0.3 is 9.42 Å². The van der Waals surface area contributed by atoms with Crippen LogP contribution < -0.4 is 9.83 Å². The molecule has 0 saturated heterocycles. The van der Waals surface area contributed by atoms with Crippen molar-refractivity contribution >= 4 is 33.2 Å². The number of fused-ring (bicyclic) bond motifs is 3. The molecule has 110 valence electrons. The van der Waals surface area contributed by atoms with Crippen LogP contribution in [-0.4, -0.2) is 15.5 Å². The minimum absolute atomic E-state index is 0.571. The number of benzene rings is 2. The Morgan fingerprint density at radius 2 is 1.82 bits per heavy atom. The molecule has 0 bridgehead atoms. The highest BCUT2D eigenvalue weighted by Gasteiger charge is 2.45. The number of rotatable bonds is 1. The van der Waals surface area contributed by atoms with Gasteiger partial charge in [0.15, 0.2) is 0 Å². The van der Waals surface area contributed by atoms with Crippen molar-refractivity contribution in [2.75, 3.05) is 0 Å². The predicted octanol–water partition coefficient (Wildman–Crippen LogP) is 3.54. The molecular formula is C15H12N2O3P2. The van der Waals surface area contributed by atoms with E-state index in [1.807, 2.05) is 24.3 Å². The van der Waals surface area contributed by atoms with E-state index >= 15 is 0 Å². The van der Waals surface area contributed by atoms with Crippen LogP contribution in [0.3, 0.4) is 0 Å². The summed E-state index contributed by atoms with van der Waals surface area (Å²) in [4.78, 5) is 10.4. The lowest BCUT2D eigenvalue weighted by molar-refractivity contribution is 0.438. The maximum atomic E-state index is 13.5. The van der Waals surface area contributed by atoms with Crippen LogP contribution in [0.2, 0.25) is 0 Å². The van der Waals surface area contributed by atoms with Crippen molar-refractivity contribution in [1.29, 1.82) is 0 Å². The first-order valence-corrected chi connectivity index (χ1v) is 9.46. The van der Waals surface area contributed by atoms with Gasteiger partial charge in [-0.15, -0.1) is 0 Å². The smallest absolute Gasteiger partial charge is 0.357 e. The molecule has 0 saturated carbocycles. The Kier molecular flexibility index (Phi) is 3.16. The van der Waals surface area contributed by atoms with E-state index in [0.717, 1.165) is 5.56 Å². The molecule has 2 unspecified atom stereocenters. The molecule has 2 heterocycles.